The first-order valence-electron chi connectivity index (χ1n) is 7.42. The molecule has 0 unspecified atom stereocenters. The number of carbonyl (C=O) groups is 1. The molecule has 0 aromatic carbocycles. The van der Waals surface area contributed by atoms with Crippen LogP contribution in [0.15, 0.2) is 6.07 Å². The number of unbranched alkanes of at least 4 members (excludes halogenated alkanes) is 1. The van der Waals surface area contributed by atoms with E-state index in [2.05, 4.69) is 20.4 Å². The Morgan fingerprint density at radius 2 is 2.25 bits per heavy atom. The van der Waals surface area contributed by atoms with E-state index in [1.807, 2.05) is 13.0 Å². The average Bonchev–Trinajstić information content (AvgIpc) is 2.97. The summed E-state index contributed by atoms with van der Waals surface area (Å²) < 4.78 is 5.31. The number of hydrogen-bond acceptors (Lipinski definition) is 4. The Morgan fingerprint density at radius 1 is 1.45 bits per heavy atom. The van der Waals surface area contributed by atoms with E-state index < -0.39 is 0 Å². The molecule has 6 nitrogen and oxygen atoms in total. The van der Waals surface area contributed by atoms with Gasteiger partial charge in [0.1, 0.15) is 5.69 Å². The van der Waals surface area contributed by atoms with Crippen LogP contribution in [-0.2, 0) is 11.2 Å². The highest BCUT2D eigenvalue weighted by Crippen LogP contribution is 2.01. The Hall–Kier alpha value is -1.40. The van der Waals surface area contributed by atoms with E-state index in [-0.39, 0.29) is 5.91 Å². The summed E-state index contributed by atoms with van der Waals surface area (Å²) in [6.45, 7) is 7.56. The van der Waals surface area contributed by atoms with E-state index in [4.69, 9.17) is 4.74 Å². The second-order valence-corrected chi connectivity index (χ2v) is 5.05. The molecule has 1 saturated heterocycles. The molecule has 1 fully saturated rings. The van der Waals surface area contributed by atoms with E-state index >= 15 is 0 Å². The van der Waals surface area contributed by atoms with Gasteiger partial charge in [0, 0.05) is 25.3 Å². The number of amides is 1. The van der Waals surface area contributed by atoms with Gasteiger partial charge in [-0.05, 0) is 31.9 Å². The lowest BCUT2D eigenvalue weighted by Gasteiger charge is -2.26. The van der Waals surface area contributed by atoms with E-state index in [0.29, 0.717) is 12.2 Å². The molecule has 20 heavy (non-hydrogen) atoms. The maximum Gasteiger partial charge on any atom is 0.271 e. The van der Waals surface area contributed by atoms with Crippen molar-refractivity contribution in [3.8, 4) is 0 Å². The van der Waals surface area contributed by atoms with E-state index in [1.165, 1.54) is 0 Å². The van der Waals surface area contributed by atoms with Gasteiger partial charge in [-0.3, -0.25) is 14.8 Å². The van der Waals surface area contributed by atoms with Crippen LogP contribution in [0.1, 0.15) is 35.9 Å². The minimum Gasteiger partial charge on any atom is -0.379 e. The zero-order valence-electron chi connectivity index (χ0n) is 12.2. The molecule has 6 heteroatoms. The number of nitrogens with zero attached hydrogens (tertiary/aromatic N) is 2. The normalized spacial score (nSPS) is 16.2. The van der Waals surface area contributed by atoms with Crippen molar-refractivity contribution in [3.63, 3.8) is 0 Å². The van der Waals surface area contributed by atoms with Gasteiger partial charge in [0.15, 0.2) is 0 Å². The molecule has 112 valence electrons. The molecule has 0 radical (unpaired) electrons. The van der Waals surface area contributed by atoms with Crippen molar-refractivity contribution in [2.45, 2.75) is 26.2 Å². The Kier molecular flexibility index (Phi) is 6.01. The molecule has 2 N–H and O–H groups in total. The Morgan fingerprint density at radius 3 is 2.95 bits per heavy atom. The monoisotopic (exact) mass is 280 g/mol. The van der Waals surface area contributed by atoms with E-state index in [9.17, 15) is 4.79 Å². The van der Waals surface area contributed by atoms with Crippen LogP contribution in [0.25, 0.3) is 0 Å². The lowest BCUT2D eigenvalue weighted by atomic mass is 10.2. The number of aryl methyl sites for hydroxylation is 1. The molecular formula is C14H24N4O2. The molecule has 0 saturated carbocycles. The number of hydrogen-bond donors (Lipinski definition) is 2. The topological polar surface area (TPSA) is 70.2 Å². The first-order valence-corrected chi connectivity index (χ1v) is 7.42. The van der Waals surface area contributed by atoms with Crippen molar-refractivity contribution in [2.24, 2.45) is 0 Å². The standard InChI is InChI=1S/C14H24N4O2/c1-2-12-11-13(17-16-12)14(19)15-5-3-4-6-18-7-9-20-10-8-18/h11H,2-10H2,1H3,(H,15,19)(H,16,17). The molecule has 0 atom stereocenters. The Balaban J connectivity index is 1.57. The summed E-state index contributed by atoms with van der Waals surface area (Å²) in [6, 6.07) is 1.81. The van der Waals surface area contributed by atoms with Crippen LogP contribution in [0.2, 0.25) is 0 Å². The van der Waals surface area contributed by atoms with Crippen molar-refractivity contribution < 1.29 is 9.53 Å². The average molecular weight is 280 g/mol. The third kappa shape index (κ3) is 4.61. The lowest BCUT2D eigenvalue weighted by Crippen LogP contribution is -2.37. The summed E-state index contributed by atoms with van der Waals surface area (Å²) in [7, 11) is 0. The Labute approximate surface area is 119 Å². The van der Waals surface area contributed by atoms with Crippen LogP contribution in [0, 0.1) is 0 Å². The number of morpholine rings is 1. The van der Waals surface area contributed by atoms with Crippen molar-refractivity contribution >= 4 is 5.91 Å². The highest BCUT2D eigenvalue weighted by molar-refractivity contribution is 5.92. The number of carbonyl (C=O) groups excluding carboxylic acids is 1. The first kappa shape index (κ1) is 15.0. The molecule has 0 spiro atoms. The summed E-state index contributed by atoms with van der Waals surface area (Å²) in [5, 5.41) is 9.76. The zero-order chi connectivity index (χ0) is 14.2. The summed E-state index contributed by atoms with van der Waals surface area (Å²) in [4.78, 5) is 14.2. The largest absolute Gasteiger partial charge is 0.379 e. The summed E-state index contributed by atoms with van der Waals surface area (Å²) >= 11 is 0. The second-order valence-electron chi connectivity index (χ2n) is 5.05. The number of aromatic nitrogens is 2. The summed E-state index contributed by atoms with van der Waals surface area (Å²) in [5.74, 6) is -0.0904. The van der Waals surface area contributed by atoms with Crippen molar-refractivity contribution in [1.82, 2.24) is 20.4 Å². The molecule has 2 rings (SSSR count). The predicted molar refractivity (Wildman–Crippen MR) is 76.8 cm³/mol. The van der Waals surface area contributed by atoms with Gasteiger partial charge in [-0.1, -0.05) is 6.92 Å². The van der Waals surface area contributed by atoms with Gasteiger partial charge in [0.25, 0.3) is 5.91 Å². The fourth-order valence-electron chi connectivity index (χ4n) is 2.24. The summed E-state index contributed by atoms with van der Waals surface area (Å²) in [6.07, 6.45) is 2.95. The quantitative estimate of drug-likeness (QED) is 0.725. The van der Waals surface area contributed by atoms with Gasteiger partial charge in [0.05, 0.1) is 13.2 Å². The van der Waals surface area contributed by atoms with Crippen LogP contribution in [0.4, 0.5) is 0 Å². The predicted octanol–water partition coefficient (Wildman–Crippen LogP) is 0.814. The van der Waals surface area contributed by atoms with E-state index in [0.717, 1.165) is 57.8 Å². The van der Waals surface area contributed by atoms with E-state index in [1.54, 1.807) is 0 Å². The molecule has 1 aromatic heterocycles. The molecular weight excluding hydrogens is 256 g/mol. The molecule has 2 heterocycles. The fourth-order valence-corrected chi connectivity index (χ4v) is 2.24. The minimum atomic E-state index is -0.0904. The van der Waals surface area contributed by atoms with Crippen LogP contribution in [0.5, 0.6) is 0 Å². The fraction of sp³-hybridized carbons (Fsp3) is 0.714. The third-order valence-electron chi connectivity index (χ3n) is 3.53. The van der Waals surface area contributed by atoms with Crippen LogP contribution >= 0.6 is 0 Å². The zero-order valence-corrected chi connectivity index (χ0v) is 12.2. The highest BCUT2D eigenvalue weighted by atomic mass is 16.5. The van der Waals surface area contributed by atoms with Crippen molar-refractivity contribution in [3.05, 3.63) is 17.5 Å². The number of aromatic amines is 1. The number of rotatable bonds is 7. The molecule has 1 amide bonds. The number of ether oxygens (including phenoxy) is 1. The molecule has 1 aliphatic heterocycles. The molecule has 1 aliphatic rings. The Bertz CT molecular complexity index is 413. The maximum absolute atomic E-state index is 11.8. The molecule has 1 aromatic rings. The maximum atomic E-state index is 11.8. The van der Waals surface area contributed by atoms with Crippen LogP contribution < -0.4 is 5.32 Å². The van der Waals surface area contributed by atoms with Gasteiger partial charge >= 0.3 is 0 Å². The molecule has 0 bridgehead atoms. The smallest absolute Gasteiger partial charge is 0.271 e. The van der Waals surface area contributed by atoms with Gasteiger partial charge in [0.2, 0.25) is 0 Å². The first-order chi connectivity index (χ1) is 9.79. The van der Waals surface area contributed by atoms with Crippen LogP contribution in [0.3, 0.4) is 0 Å². The molecule has 0 aliphatic carbocycles. The lowest BCUT2D eigenvalue weighted by molar-refractivity contribution is 0.0372. The number of H-pyrrole nitrogens is 1. The SMILES string of the molecule is CCc1cc(C(=O)NCCCCN2CCOCC2)n[nH]1. The summed E-state index contributed by atoms with van der Waals surface area (Å²) in [5.41, 5.74) is 1.47. The third-order valence-corrected chi connectivity index (χ3v) is 3.53. The van der Waals surface area contributed by atoms with Crippen LogP contribution in [-0.4, -0.2) is 60.4 Å². The minimum absolute atomic E-state index is 0.0904. The van der Waals surface area contributed by atoms with Crippen molar-refractivity contribution in [1.29, 1.82) is 0 Å². The van der Waals surface area contributed by atoms with Gasteiger partial charge in [-0.2, -0.15) is 5.10 Å². The van der Waals surface area contributed by atoms with Crippen molar-refractivity contribution in [2.75, 3.05) is 39.4 Å². The number of nitrogens with one attached hydrogen (secondary N) is 2. The van der Waals surface area contributed by atoms with Gasteiger partial charge < -0.3 is 10.1 Å². The van der Waals surface area contributed by atoms with Gasteiger partial charge in [-0.15, -0.1) is 0 Å². The highest BCUT2D eigenvalue weighted by Gasteiger charge is 2.10. The second kappa shape index (κ2) is 8.01. The van der Waals surface area contributed by atoms with Gasteiger partial charge in [-0.25, -0.2) is 0 Å².